The maximum absolute atomic E-state index is 4.13. The molecule has 0 aliphatic carbocycles. The van der Waals surface area contributed by atoms with Gasteiger partial charge in [0.05, 0.1) is 5.55 Å². The van der Waals surface area contributed by atoms with E-state index in [0.29, 0.717) is 0 Å². The molecule has 1 heterocycles. The molecule has 54 valence electrons. The Bertz CT molecular complexity index is 229. The Morgan fingerprint density at radius 1 is 1.70 bits per heavy atom. The molecule has 0 bridgehead atoms. The third-order valence-electron chi connectivity index (χ3n) is 1.10. The molecule has 1 unspecified atom stereocenters. The molecule has 1 nitrogen and oxygen atoms in total. The van der Waals surface area contributed by atoms with Crippen molar-refractivity contribution < 1.29 is 0 Å². The van der Waals surface area contributed by atoms with Gasteiger partial charge in [-0.1, -0.05) is 12.8 Å². The van der Waals surface area contributed by atoms with E-state index in [9.17, 15) is 0 Å². The van der Waals surface area contributed by atoms with Crippen LogP contribution in [0, 0.1) is 11.2 Å². The Morgan fingerprint density at radius 2 is 2.50 bits per heavy atom. The van der Waals surface area contributed by atoms with Crippen LogP contribution in [0.3, 0.4) is 0 Å². The molecule has 0 aromatic carbocycles. The van der Waals surface area contributed by atoms with Crippen molar-refractivity contribution in [1.29, 1.82) is 0 Å². The Labute approximate surface area is 64.6 Å². The zero-order valence-electron chi connectivity index (χ0n) is 6.26. The van der Waals surface area contributed by atoms with Crippen molar-refractivity contribution in [2.75, 3.05) is 0 Å². The summed E-state index contributed by atoms with van der Waals surface area (Å²) in [6.07, 6.45) is 0.944. The molecule has 10 heavy (non-hydrogen) atoms. The van der Waals surface area contributed by atoms with Crippen LogP contribution in [-0.2, 0) is 0 Å². The zero-order chi connectivity index (χ0) is 7.40. The summed E-state index contributed by atoms with van der Waals surface area (Å²) in [5, 5.41) is 5.29. The van der Waals surface area contributed by atoms with Gasteiger partial charge in [-0.15, -0.1) is 10.9 Å². The maximum atomic E-state index is 4.13. The largest absolute Gasteiger partial charge is 0.255 e. The average Bonchev–Trinajstić information content (AvgIpc) is 2.31. The lowest BCUT2D eigenvalue weighted by Gasteiger charge is -1.92. The van der Waals surface area contributed by atoms with Gasteiger partial charge in [0.25, 0.3) is 0 Å². The van der Waals surface area contributed by atoms with E-state index in [1.807, 2.05) is 12.5 Å². The first kappa shape index (κ1) is 7.43. The van der Waals surface area contributed by atoms with Crippen LogP contribution in [0.25, 0.3) is 0 Å². The molecule has 1 rings (SSSR count). The van der Waals surface area contributed by atoms with E-state index in [1.54, 1.807) is 0 Å². The highest BCUT2D eigenvalue weighted by molar-refractivity contribution is 8.34. The van der Waals surface area contributed by atoms with Crippen molar-refractivity contribution >= 4 is 16.4 Å². The summed E-state index contributed by atoms with van der Waals surface area (Å²) >= 11 is 0. The number of rotatable bonds is 0. The lowest BCUT2D eigenvalue weighted by molar-refractivity contribution is 1.28. The molecule has 0 fully saturated rings. The van der Waals surface area contributed by atoms with Gasteiger partial charge in [-0.05, 0) is 17.6 Å². The number of hydrogen-bond acceptors (Lipinski definition) is 1. The van der Waals surface area contributed by atoms with Crippen LogP contribution in [0.1, 0.15) is 20.3 Å². The number of aliphatic imine (C=N–C) groups is 1. The molecule has 2 heteroatoms. The summed E-state index contributed by atoms with van der Waals surface area (Å²) in [5.74, 6) is 3.05. The van der Waals surface area contributed by atoms with Crippen LogP contribution in [0.15, 0.2) is 16.1 Å². The lowest BCUT2D eigenvalue weighted by Crippen LogP contribution is -1.64. The molecule has 0 N–H and O–H groups in total. The molecule has 0 aromatic heterocycles. The number of nitrogens with zero attached hydrogens (tertiary/aromatic N) is 1. The summed E-state index contributed by atoms with van der Waals surface area (Å²) < 4.78 is 0. The Hall–Kier alpha value is -0.680. The molecule has 0 saturated carbocycles. The third kappa shape index (κ3) is 1.93. The monoisotopic (exact) mass is 153 g/mol. The quantitative estimate of drug-likeness (QED) is 0.405. The van der Waals surface area contributed by atoms with Crippen LogP contribution >= 0.6 is 10.9 Å². The highest BCUT2D eigenvalue weighted by Gasteiger charge is 1.98. The average molecular weight is 153 g/mol. The van der Waals surface area contributed by atoms with Crippen molar-refractivity contribution in [3.63, 3.8) is 0 Å². The van der Waals surface area contributed by atoms with Crippen LogP contribution in [0.2, 0.25) is 0 Å². The molecule has 1 atom stereocenters. The highest BCUT2D eigenvalue weighted by Crippen LogP contribution is 2.29. The second kappa shape index (κ2) is 3.48. The van der Waals surface area contributed by atoms with Gasteiger partial charge in [0.1, 0.15) is 0 Å². The van der Waals surface area contributed by atoms with Gasteiger partial charge in [0.15, 0.2) is 0 Å². The van der Waals surface area contributed by atoms with Gasteiger partial charge in [-0.25, -0.2) is 0 Å². The fraction of sp³-hybridized carbons (Fsp3) is 0.375. The first-order valence-electron chi connectivity index (χ1n) is 3.32. The fourth-order valence-electron chi connectivity index (χ4n) is 0.653. The molecule has 0 aromatic rings. The minimum atomic E-state index is -0.305. The summed E-state index contributed by atoms with van der Waals surface area (Å²) in [5.41, 5.74) is 3.06. The molecule has 0 spiro atoms. The molecule has 1 aliphatic heterocycles. The minimum absolute atomic E-state index is 0.305. The second-order valence-electron chi connectivity index (χ2n) is 2.06. The topological polar surface area (TPSA) is 12.4 Å². The van der Waals surface area contributed by atoms with Gasteiger partial charge < -0.3 is 0 Å². The Morgan fingerprint density at radius 3 is 3.00 bits per heavy atom. The normalized spacial score (nSPS) is 25.4. The molecule has 0 radical (unpaired) electrons. The van der Waals surface area contributed by atoms with Gasteiger partial charge >= 0.3 is 0 Å². The predicted molar refractivity (Wildman–Crippen MR) is 49.3 cm³/mol. The van der Waals surface area contributed by atoms with Crippen molar-refractivity contribution in [3.8, 4) is 11.2 Å². The number of thiol groups is 1. The molecule has 1 aliphatic rings. The minimum Gasteiger partial charge on any atom is -0.255 e. The first-order chi connectivity index (χ1) is 4.83. The molecular formula is C8H11NS. The summed E-state index contributed by atoms with van der Waals surface area (Å²) in [7, 11) is -0.305. The molecular weight excluding hydrogens is 142 g/mol. The van der Waals surface area contributed by atoms with E-state index in [-0.39, 0.29) is 10.9 Å². The number of allylic oxidation sites excluding steroid dienone is 1. The summed E-state index contributed by atoms with van der Waals surface area (Å²) in [6, 6.07) is 0. The highest BCUT2D eigenvalue weighted by atomic mass is 32.2. The fourth-order valence-corrected chi connectivity index (χ4v) is 1.96. The van der Waals surface area contributed by atoms with Crippen molar-refractivity contribution in [2.24, 2.45) is 4.99 Å². The van der Waals surface area contributed by atoms with Crippen LogP contribution < -0.4 is 0 Å². The van der Waals surface area contributed by atoms with Crippen molar-refractivity contribution in [2.45, 2.75) is 20.3 Å². The second-order valence-corrected chi connectivity index (χ2v) is 3.59. The zero-order valence-corrected chi connectivity index (χ0v) is 7.15. The van der Waals surface area contributed by atoms with E-state index in [4.69, 9.17) is 0 Å². The van der Waals surface area contributed by atoms with Crippen LogP contribution in [0.5, 0.6) is 0 Å². The van der Waals surface area contributed by atoms with Crippen LogP contribution in [-0.4, -0.2) is 5.55 Å². The number of hydrogen-bond donors (Lipinski definition) is 1. The lowest BCUT2D eigenvalue weighted by atomic mass is 10.5. The SMILES string of the molecule is CCC#C[SH]1C=NC(C)=C1. The van der Waals surface area contributed by atoms with Gasteiger partial charge in [-0.2, -0.15) is 0 Å². The molecule has 0 amide bonds. The standard InChI is InChI=1S/C8H11NS/c1-3-4-5-10-6-8(2)9-7-10/h6-7,10H,3H2,1-2H3. The predicted octanol–water partition coefficient (Wildman–Crippen LogP) is 2.26. The smallest absolute Gasteiger partial charge is 0.0545 e. The Balaban J connectivity index is 2.55. The maximum Gasteiger partial charge on any atom is 0.0545 e. The van der Waals surface area contributed by atoms with Gasteiger partial charge in [-0.3, -0.25) is 4.99 Å². The van der Waals surface area contributed by atoms with Crippen molar-refractivity contribution in [3.05, 3.63) is 11.1 Å². The van der Waals surface area contributed by atoms with E-state index < -0.39 is 0 Å². The molecule has 0 saturated heterocycles. The van der Waals surface area contributed by atoms with Gasteiger partial charge in [0, 0.05) is 12.1 Å². The summed E-state index contributed by atoms with van der Waals surface area (Å²) in [6.45, 7) is 4.07. The summed E-state index contributed by atoms with van der Waals surface area (Å²) in [4.78, 5) is 4.13. The van der Waals surface area contributed by atoms with Crippen LogP contribution in [0.4, 0.5) is 0 Å². The van der Waals surface area contributed by atoms with E-state index >= 15 is 0 Å². The first-order valence-corrected chi connectivity index (χ1v) is 4.80. The van der Waals surface area contributed by atoms with E-state index in [0.717, 1.165) is 12.1 Å². The van der Waals surface area contributed by atoms with E-state index in [2.05, 4.69) is 28.5 Å². The third-order valence-corrected chi connectivity index (χ3v) is 2.53. The van der Waals surface area contributed by atoms with Gasteiger partial charge in [0.2, 0.25) is 0 Å². The Kier molecular flexibility index (Phi) is 2.58. The van der Waals surface area contributed by atoms with E-state index in [1.165, 1.54) is 0 Å². The van der Waals surface area contributed by atoms with Crippen molar-refractivity contribution in [1.82, 2.24) is 0 Å².